The van der Waals surface area contributed by atoms with E-state index in [2.05, 4.69) is 34.0 Å². The Morgan fingerprint density at radius 3 is 1.82 bits per heavy atom. The van der Waals surface area contributed by atoms with Gasteiger partial charge in [-0.15, -0.1) is 9.24 Å². The van der Waals surface area contributed by atoms with Crippen molar-refractivity contribution in [3.05, 3.63) is 95.7 Å². The normalized spacial score (nSPS) is 12.7. The maximum Gasteiger partial charge on any atom is 0.115 e. The summed E-state index contributed by atoms with van der Waals surface area (Å²) in [7, 11) is 2.83. The van der Waals surface area contributed by atoms with E-state index in [0.717, 1.165) is 28.4 Å². The minimum Gasteiger partial charge on any atom is -0.508 e. The predicted octanol–water partition coefficient (Wildman–Crippen LogP) is 8.28. The largest absolute Gasteiger partial charge is 0.508 e. The molecular formula is C26H39OP. The van der Waals surface area contributed by atoms with E-state index in [9.17, 15) is 5.11 Å². The fourth-order valence-corrected chi connectivity index (χ4v) is 3.01. The first-order valence-corrected chi connectivity index (χ1v) is 10.9. The Labute approximate surface area is 176 Å². The van der Waals surface area contributed by atoms with Gasteiger partial charge in [-0.2, -0.15) is 0 Å². The Morgan fingerprint density at radius 1 is 0.929 bits per heavy atom. The van der Waals surface area contributed by atoms with E-state index in [-0.39, 0.29) is 5.75 Å². The number of phenolic OH excluding ortho intramolecular Hbond substituents is 1. The van der Waals surface area contributed by atoms with E-state index >= 15 is 0 Å². The van der Waals surface area contributed by atoms with Crippen LogP contribution >= 0.6 is 9.24 Å². The highest BCUT2D eigenvalue weighted by molar-refractivity contribution is 7.16. The van der Waals surface area contributed by atoms with Gasteiger partial charge in [-0.25, -0.2) is 0 Å². The van der Waals surface area contributed by atoms with Crippen LogP contribution in [-0.4, -0.2) is 11.3 Å². The molecule has 0 heterocycles. The molecule has 1 nitrogen and oxygen atoms in total. The monoisotopic (exact) mass is 398 g/mol. The zero-order chi connectivity index (χ0) is 21.9. The zero-order valence-electron chi connectivity index (χ0n) is 18.8. The summed E-state index contributed by atoms with van der Waals surface area (Å²) in [6.45, 7) is 17.9. The molecule has 1 N–H and O–H groups in total. The summed E-state index contributed by atoms with van der Waals surface area (Å²) < 4.78 is 0. The molecule has 1 aromatic carbocycles. The molecule has 0 spiro atoms. The van der Waals surface area contributed by atoms with Gasteiger partial charge in [-0.3, -0.25) is 0 Å². The average Bonchev–Trinajstić information content (AvgIpc) is 2.74. The number of phenols is 1. The molecule has 1 unspecified atom stereocenters. The lowest BCUT2D eigenvalue weighted by atomic mass is 9.89. The van der Waals surface area contributed by atoms with Gasteiger partial charge in [0.1, 0.15) is 5.75 Å². The standard InChI is InChI=1S/C22H27OP.2C2H6/c1-5-9-17(8-4)22(19-12-14-20(23)15-13-19)21(16-24)18(10-6-2)11-7-3;2*1-2/h5-15,23H,2,16,24H2,1,3-4H3;2*1-2H3/b9-5-,11-7-,17-8+,18-10+,22-21-;;. The maximum atomic E-state index is 9.63. The van der Waals surface area contributed by atoms with Gasteiger partial charge in [-0.05, 0) is 66.9 Å². The Balaban J connectivity index is 0. The summed E-state index contributed by atoms with van der Waals surface area (Å²) in [4.78, 5) is 0. The highest BCUT2D eigenvalue weighted by atomic mass is 31.0. The first kappa shape index (κ1) is 28.1. The van der Waals surface area contributed by atoms with Gasteiger partial charge < -0.3 is 5.11 Å². The lowest BCUT2D eigenvalue weighted by molar-refractivity contribution is 0.475. The van der Waals surface area contributed by atoms with Crippen LogP contribution in [0.3, 0.4) is 0 Å². The van der Waals surface area contributed by atoms with Crippen molar-refractivity contribution in [3.8, 4) is 5.75 Å². The molecule has 0 aliphatic heterocycles. The van der Waals surface area contributed by atoms with Crippen LogP contribution in [0.5, 0.6) is 5.75 Å². The molecule has 0 fully saturated rings. The Morgan fingerprint density at radius 2 is 1.43 bits per heavy atom. The lowest BCUT2D eigenvalue weighted by Gasteiger charge is -2.17. The molecule has 1 rings (SSSR count). The number of aromatic hydroxyl groups is 1. The van der Waals surface area contributed by atoms with E-state index in [4.69, 9.17) is 0 Å². The summed E-state index contributed by atoms with van der Waals surface area (Å²) in [6.07, 6.45) is 15.1. The van der Waals surface area contributed by atoms with E-state index in [1.165, 1.54) is 5.57 Å². The minimum atomic E-state index is 0.272. The Kier molecular flexibility index (Phi) is 18.3. The minimum absolute atomic E-state index is 0.272. The first-order valence-electron chi connectivity index (χ1n) is 10.1. The molecule has 0 bridgehead atoms. The van der Waals surface area contributed by atoms with Gasteiger partial charge in [0.05, 0.1) is 0 Å². The van der Waals surface area contributed by atoms with Gasteiger partial charge in [-0.1, -0.05) is 88.9 Å². The van der Waals surface area contributed by atoms with Gasteiger partial charge >= 0.3 is 0 Å². The molecule has 0 amide bonds. The summed E-state index contributed by atoms with van der Waals surface area (Å²) in [5, 5.41) is 9.63. The smallest absolute Gasteiger partial charge is 0.115 e. The highest BCUT2D eigenvalue weighted by Gasteiger charge is 2.13. The summed E-state index contributed by atoms with van der Waals surface area (Å²) >= 11 is 0. The van der Waals surface area contributed by atoms with Gasteiger partial charge in [0.25, 0.3) is 0 Å². The molecule has 0 radical (unpaired) electrons. The van der Waals surface area contributed by atoms with Crippen LogP contribution in [0.15, 0.2) is 90.1 Å². The van der Waals surface area contributed by atoms with Gasteiger partial charge in [0, 0.05) is 0 Å². The molecule has 154 valence electrons. The van der Waals surface area contributed by atoms with Crippen molar-refractivity contribution in [3.63, 3.8) is 0 Å². The summed E-state index contributed by atoms with van der Waals surface area (Å²) in [5.74, 6) is 0.272. The molecule has 0 aliphatic rings. The van der Waals surface area contributed by atoms with Crippen LogP contribution in [0.4, 0.5) is 0 Å². The van der Waals surface area contributed by atoms with Crippen LogP contribution in [-0.2, 0) is 0 Å². The van der Waals surface area contributed by atoms with E-state index in [1.807, 2.05) is 84.9 Å². The van der Waals surface area contributed by atoms with Crippen LogP contribution in [0.25, 0.3) is 5.57 Å². The second kappa shape index (κ2) is 18.3. The third-order valence-corrected chi connectivity index (χ3v) is 4.01. The van der Waals surface area contributed by atoms with E-state index in [1.54, 1.807) is 12.1 Å². The van der Waals surface area contributed by atoms with Crippen molar-refractivity contribution in [2.75, 3.05) is 6.16 Å². The van der Waals surface area contributed by atoms with Crippen molar-refractivity contribution in [2.45, 2.75) is 48.5 Å². The number of allylic oxidation sites excluding steroid dienone is 11. The number of benzene rings is 1. The topological polar surface area (TPSA) is 20.2 Å². The molecule has 0 saturated carbocycles. The first-order chi connectivity index (χ1) is 13.6. The van der Waals surface area contributed by atoms with Crippen molar-refractivity contribution in [1.82, 2.24) is 0 Å². The zero-order valence-corrected chi connectivity index (χ0v) is 19.9. The highest BCUT2D eigenvalue weighted by Crippen LogP contribution is 2.33. The van der Waals surface area contributed by atoms with Crippen LogP contribution in [0, 0.1) is 0 Å². The fraction of sp³-hybridized carbons (Fsp3) is 0.308. The second-order valence-electron chi connectivity index (χ2n) is 5.21. The molecule has 2 heteroatoms. The van der Waals surface area contributed by atoms with Crippen molar-refractivity contribution >= 4 is 14.8 Å². The Bertz CT molecular complexity index is 698. The fourth-order valence-electron chi connectivity index (χ4n) is 2.57. The quantitative estimate of drug-likeness (QED) is 0.362. The van der Waals surface area contributed by atoms with Crippen LogP contribution in [0.1, 0.15) is 54.0 Å². The number of rotatable bonds is 7. The average molecular weight is 399 g/mol. The Hall–Kier alpha value is -2.11. The van der Waals surface area contributed by atoms with Gasteiger partial charge in [0.2, 0.25) is 0 Å². The second-order valence-corrected chi connectivity index (χ2v) is 5.61. The van der Waals surface area contributed by atoms with Gasteiger partial charge in [0.15, 0.2) is 0 Å². The van der Waals surface area contributed by atoms with Crippen molar-refractivity contribution in [1.29, 1.82) is 0 Å². The molecule has 28 heavy (non-hydrogen) atoms. The molecule has 0 saturated heterocycles. The van der Waals surface area contributed by atoms with E-state index in [0.29, 0.717) is 0 Å². The number of hydrogen-bond acceptors (Lipinski definition) is 1. The molecule has 1 aromatic rings. The molecule has 0 aromatic heterocycles. The van der Waals surface area contributed by atoms with Crippen molar-refractivity contribution in [2.24, 2.45) is 0 Å². The number of hydrogen-bond donors (Lipinski definition) is 1. The van der Waals surface area contributed by atoms with Crippen LogP contribution in [0.2, 0.25) is 0 Å². The maximum absolute atomic E-state index is 9.63. The van der Waals surface area contributed by atoms with Crippen LogP contribution < -0.4 is 0 Å². The molecular weight excluding hydrogens is 359 g/mol. The third-order valence-electron chi connectivity index (χ3n) is 3.60. The molecule has 0 aliphatic carbocycles. The summed E-state index contributed by atoms with van der Waals surface area (Å²) in [5.41, 5.74) is 5.75. The molecule has 1 atom stereocenters. The third kappa shape index (κ3) is 9.20. The van der Waals surface area contributed by atoms with E-state index < -0.39 is 0 Å². The SMILES string of the molecule is C=C/C=C(\C=C/C)C(/CP)=C(C(/C=C\C)=C/C)\c1ccc(O)cc1.CC.CC. The van der Waals surface area contributed by atoms with Crippen molar-refractivity contribution < 1.29 is 5.11 Å². The predicted molar refractivity (Wildman–Crippen MR) is 134 cm³/mol. The summed E-state index contributed by atoms with van der Waals surface area (Å²) in [6, 6.07) is 7.37. The lowest BCUT2D eigenvalue weighted by Crippen LogP contribution is -1.99.